The molecule has 1 unspecified atom stereocenters. The number of aromatic nitrogens is 2. The summed E-state index contributed by atoms with van der Waals surface area (Å²) in [6.07, 6.45) is 0.983. The van der Waals surface area contributed by atoms with Crippen LogP contribution >= 0.6 is 0 Å². The fourth-order valence-electron chi connectivity index (χ4n) is 3.35. The second-order valence-electron chi connectivity index (χ2n) is 7.93. The second kappa shape index (κ2) is 9.09. The Balaban J connectivity index is 1.97. The summed E-state index contributed by atoms with van der Waals surface area (Å²) in [5.41, 5.74) is 2.97. The van der Waals surface area contributed by atoms with Crippen LogP contribution in [0, 0.1) is 0 Å². The molecule has 0 bridgehead atoms. The quantitative estimate of drug-likeness (QED) is 0.567. The van der Waals surface area contributed by atoms with Gasteiger partial charge in [-0.05, 0) is 62.6 Å². The van der Waals surface area contributed by atoms with Gasteiger partial charge in [-0.2, -0.15) is 0 Å². The van der Waals surface area contributed by atoms with E-state index in [4.69, 9.17) is 4.74 Å². The molecule has 1 aromatic carbocycles. The lowest BCUT2D eigenvalue weighted by atomic mass is 10.0. The van der Waals surface area contributed by atoms with Crippen molar-refractivity contribution in [1.29, 1.82) is 0 Å². The standard InChI is InChI=1S/C23H29N3O4S/c1-6-16(4)22-13-17-12-19(30-5)10-11-21(17)26(22)14-18-8-7-9-20(24-18)23(27)25-31(28,29)15(2)3/h7-13,15-16H,6,14H2,1-5H3,(H,25,27). The molecule has 1 amide bonds. The van der Waals surface area contributed by atoms with Crippen molar-refractivity contribution in [3.05, 3.63) is 59.5 Å². The first kappa shape index (κ1) is 22.8. The number of fused-ring (bicyclic) bond motifs is 1. The van der Waals surface area contributed by atoms with E-state index in [0.717, 1.165) is 23.1 Å². The van der Waals surface area contributed by atoms with Crippen molar-refractivity contribution < 1.29 is 17.9 Å². The molecule has 0 saturated heterocycles. The molecule has 7 nitrogen and oxygen atoms in total. The molecular weight excluding hydrogens is 414 g/mol. The Bertz CT molecular complexity index is 1200. The highest BCUT2D eigenvalue weighted by molar-refractivity contribution is 7.90. The number of sulfonamides is 1. The Labute approximate surface area is 183 Å². The number of nitrogens with one attached hydrogen (secondary N) is 1. The fraction of sp³-hybridized carbons (Fsp3) is 0.391. The van der Waals surface area contributed by atoms with Crippen molar-refractivity contribution in [2.45, 2.75) is 51.8 Å². The van der Waals surface area contributed by atoms with E-state index in [0.29, 0.717) is 18.2 Å². The molecule has 1 N–H and O–H groups in total. The van der Waals surface area contributed by atoms with Crippen LogP contribution in [0.2, 0.25) is 0 Å². The van der Waals surface area contributed by atoms with Gasteiger partial charge in [0.05, 0.1) is 24.6 Å². The van der Waals surface area contributed by atoms with E-state index < -0.39 is 21.2 Å². The summed E-state index contributed by atoms with van der Waals surface area (Å²) in [5, 5.41) is 0.368. The van der Waals surface area contributed by atoms with Gasteiger partial charge in [-0.1, -0.05) is 19.9 Å². The number of nitrogens with zero attached hydrogens (tertiary/aromatic N) is 2. The zero-order valence-corrected chi connectivity index (χ0v) is 19.4. The van der Waals surface area contributed by atoms with E-state index in [1.807, 2.05) is 24.3 Å². The highest BCUT2D eigenvalue weighted by Gasteiger charge is 2.21. The molecule has 0 radical (unpaired) electrons. The minimum atomic E-state index is -3.72. The summed E-state index contributed by atoms with van der Waals surface area (Å²) >= 11 is 0. The highest BCUT2D eigenvalue weighted by atomic mass is 32.2. The van der Waals surface area contributed by atoms with Crippen LogP contribution in [0.25, 0.3) is 10.9 Å². The second-order valence-corrected chi connectivity index (χ2v) is 10.2. The van der Waals surface area contributed by atoms with Crippen LogP contribution in [0.5, 0.6) is 5.75 Å². The van der Waals surface area contributed by atoms with Crippen LogP contribution < -0.4 is 9.46 Å². The van der Waals surface area contributed by atoms with Crippen LogP contribution in [0.15, 0.2) is 42.5 Å². The van der Waals surface area contributed by atoms with Crippen molar-refractivity contribution >= 4 is 26.8 Å². The number of pyridine rings is 1. The van der Waals surface area contributed by atoms with E-state index in [9.17, 15) is 13.2 Å². The highest BCUT2D eigenvalue weighted by Crippen LogP contribution is 2.30. The van der Waals surface area contributed by atoms with Crippen LogP contribution in [0.1, 0.15) is 61.9 Å². The maximum Gasteiger partial charge on any atom is 0.283 e. The summed E-state index contributed by atoms with van der Waals surface area (Å²) < 4.78 is 33.7. The maximum atomic E-state index is 12.5. The Morgan fingerprint density at radius 3 is 2.55 bits per heavy atom. The van der Waals surface area contributed by atoms with Crippen LogP contribution in [0.3, 0.4) is 0 Å². The van der Waals surface area contributed by atoms with E-state index in [2.05, 4.69) is 34.2 Å². The summed E-state index contributed by atoms with van der Waals surface area (Å²) in [5.74, 6) is 0.407. The molecule has 0 aliphatic carbocycles. The molecule has 8 heteroatoms. The van der Waals surface area contributed by atoms with Crippen molar-refractivity contribution in [3.63, 3.8) is 0 Å². The van der Waals surface area contributed by atoms with Crippen molar-refractivity contribution in [3.8, 4) is 5.75 Å². The van der Waals surface area contributed by atoms with E-state index >= 15 is 0 Å². The molecule has 2 heterocycles. The third kappa shape index (κ3) is 4.90. The predicted molar refractivity (Wildman–Crippen MR) is 122 cm³/mol. The number of carbonyl (C=O) groups excluding carboxylic acids is 1. The van der Waals surface area contributed by atoms with Crippen molar-refractivity contribution in [2.24, 2.45) is 0 Å². The van der Waals surface area contributed by atoms with Crippen LogP contribution in [-0.4, -0.2) is 36.2 Å². The average molecular weight is 444 g/mol. The Hall–Kier alpha value is -2.87. The van der Waals surface area contributed by atoms with Crippen molar-refractivity contribution in [2.75, 3.05) is 7.11 Å². The molecule has 2 aromatic heterocycles. The number of methoxy groups -OCH3 is 1. The van der Waals surface area contributed by atoms with Gasteiger partial charge in [0.25, 0.3) is 5.91 Å². The number of hydrogen-bond donors (Lipinski definition) is 1. The number of amides is 1. The van der Waals surface area contributed by atoms with Crippen LogP contribution in [-0.2, 0) is 16.6 Å². The topological polar surface area (TPSA) is 90.3 Å². The van der Waals surface area contributed by atoms with Gasteiger partial charge in [0, 0.05) is 16.6 Å². The zero-order chi connectivity index (χ0) is 22.8. The third-order valence-corrected chi connectivity index (χ3v) is 7.18. The summed E-state index contributed by atoms with van der Waals surface area (Å²) in [6, 6.07) is 13.2. The molecular formula is C23H29N3O4S. The first-order valence-electron chi connectivity index (χ1n) is 10.3. The average Bonchev–Trinajstić information content (AvgIpc) is 3.10. The van der Waals surface area contributed by atoms with Crippen LogP contribution in [0.4, 0.5) is 0 Å². The molecule has 0 saturated carbocycles. The van der Waals surface area contributed by atoms with Gasteiger partial charge >= 0.3 is 0 Å². The summed E-state index contributed by atoms with van der Waals surface area (Å²) in [4.78, 5) is 16.9. The minimum Gasteiger partial charge on any atom is -0.497 e. The molecule has 0 aliphatic rings. The lowest BCUT2D eigenvalue weighted by molar-refractivity contribution is 0.0976. The van der Waals surface area contributed by atoms with Gasteiger partial charge in [-0.15, -0.1) is 0 Å². The lowest BCUT2D eigenvalue weighted by Crippen LogP contribution is -2.36. The van der Waals surface area contributed by atoms with Gasteiger partial charge in [0.2, 0.25) is 10.0 Å². The SMILES string of the molecule is CCC(C)c1cc2cc(OC)ccc2n1Cc1cccc(C(=O)NS(=O)(=O)C(C)C)n1. The fourth-order valence-corrected chi connectivity index (χ4v) is 3.95. The van der Waals surface area contributed by atoms with E-state index in [1.54, 1.807) is 13.2 Å². The molecule has 3 rings (SSSR count). The number of hydrogen-bond acceptors (Lipinski definition) is 5. The molecule has 1 atom stereocenters. The minimum absolute atomic E-state index is 0.0740. The molecule has 0 fully saturated rings. The Morgan fingerprint density at radius 2 is 1.90 bits per heavy atom. The van der Waals surface area contributed by atoms with E-state index in [1.165, 1.54) is 25.6 Å². The largest absolute Gasteiger partial charge is 0.497 e. The monoisotopic (exact) mass is 443 g/mol. The number of rotatable bonds is 8. The Kier molecular flexibility index (Phi) is 6.69. The molecule has 31 heavy (non-hydrogen) atoms. The first-order valence-corrected chi connectivity index (χ1v) is 11.9. The smallest absolute Gasteiger partial charge is 0.283 e. The summed E-state index contributed by atoms with van der Waals surface area (Å²) in [7, 11) is -2.08. The van der Waals surface area contributed by atoms with Crippen molar-refractivity contribution in [1.82, 2.24) is 14.3 Å². The normalized spacial score (nSPS) is 12.8. The number of ether oxygens (including phenoxy) is 1. The van der Waals surface area contributed by atoms with E-state index in [-0.39, 0.29) is 5.69 Å². The van der Waals surface area contributed by atoms with Gasteiger partial charge in [0.15, 0.2) is 0 Å². The molecule has 166 valence electrons. The third-order valence-electron chi connectivity index (χ3n) is 5.47. The number of benzene rings is 1. The van der Waals surface area contributed by atoms with Gasteiger partial charge in [0.1, 0.15) is 11.4 Å². The maximum absolute atomic E-state index is 12.5. The summed E-state index contributed by atoms with van der Waals surface area (Å²) in [6.45, 7) is 7.82. The van der Waals surface area contributed by atoms with Gasteiger partial charge < -0.3 is 9.30 Å². The lowest BCUT2D eigenvalue weighted by Gasteiger charge is -2.15. The predicted octanol–water partition coefficient (Wildman–Crippen LogP) is 4.07. The Morgan fingerprint density at radius 1 is 1.16 bits per heavy atom. The number of carbonyl (C=O) groups is 1. The molecule has 3 aromatic rings. The molecule has 0 spiro atoms. The van der Waals surface area contributed by atoms with Gasteiger partial charge in [-0.3, -0.25) is 4.79 Å². The van der Waals surface area contributed by atoms with Gasteiger partial charge in [-0.25, -0.2) is 18.1 Å². The zero-order valence-electron chi connectivity index (χ0n) is 18.5. The first-order chi connectivity index (χ1) is 14.7. The molecule has 0 aliphatic heterocycles.